The van der Waals surface area contributed by atoms with Gasteiger partial charge < -0.3 is 24.3 Å². The number of halogens is 4. The Morgan fingerprint density at radius 2 is 1.29 bits per heavy atom. The Labute approximate surface area is 180 Å². The molecule has 0 aliphatic carbocycles. The van der Waals surface area contributed by atoms with E-state index in [0.29, 0.717) is 46.0 Å². The van der Waals surface area contributed by atoms with Crippen molar-refractivity contribution in [1.29, 1.82) is 0 Å². The van der Waals surface area contributed by atoms with Crippen molar-refractivity contribution in [2.45, 2.75) is 32.6 Å². The van der Waals surface area contributed by atoms with Crippen LogP contribution < -0.4 is 5.32 Å². The maximum atomic E-state index is 13.5. The van der Waals surface area contributed by atoms with Gasteiger partial charge in [-0.15, -0.1) is 0 Å². The predicted molar refractivity (Wildman–Crippen MR) is 106 cm³/mol. The van der Waals surface area contributed by atoms with Crippen molar-refractivity contribution in [1.82, 2.24) is 5.32 Å². The summed E-state index contributed by atoms with van der Waals surface area (Å²) in [5.74, 6) is -5.71. The fourth-order valence-corrected chi connectivity index (χ4v) is 2.44. The summed E-state index contributed by atoms with van der Waals surface area (Å²) >= 11 is 0. The third-order valence-corrected chi connectivity index (χ3v) is 4.14. The molecule has 1 aromatic carbocycles. The number of rotatable bonds is 18. The highest BCUT2D eigenvalue weighted by molar-refractivity contribution is 5.75. The van der Waals surface area contributed by atoms with Crippen LogP contribution in [0.2, 0.25) is 0 Å². The SMILES string of the molecule is CCCCNC(=O)CCOCCOCCOCCOCCc1c(F)c(F)cc(F)c1F. The molecule has 0 fully saturated rings. The van der Waals surface area contributed by atoms with Gasteiger partial charge in [-0.25, -0.2) is 17.6 Å². The van der Waals surface area contributed by atoms with Crippen molar-refractivity contribution >= 4 is 5.91 Å². The summed E-state index contributed by atoms with van der Waals surface area (Å²) in [6.07, 6.45) is 2.02. The first-order valence-electron chi connectivity index (χ1n) is 10.4. The zero-order chi connectivity index (χ0) is 22.9. The van der Waals surface area contributed by atoms with Gasteiger partial charge in [-0.2, -0.15) is 0 Å². The van der Waals surface area contributed by atoms with Gasteiger partial charge in [0.1, 0.15) is 0 Å². The zero-order valence-corrected chi connectivity index (χ0v) is 17.8. The lowest BCUT2D eigenvalue weighted by atomic mass is 10.1. The molecule has 0 atom stereocenters. The van der Waals surface area contributed by atoms with Crippen molar-refractivity contribution < 1.29 is 41.3 Å². The summed E-state index contributed by atoms with van der Waals surface area (Å²) in [7, 11) is 0. The lowest BCUT2D eigenvalue weighted by Crippen LogP contribution is -2.25. The summed E-state index contributed by atoms with van der Waals surface area (Å²) < 4.78 is 74.2. The van der Waals surface area contributed by atoms with Crippen LogP contribution in [0.1, 0.15) is 31.7 Å². The average molecular weight is 453 g/mol. The van der Waals surface area contributed by atoms with E-state index in [-0.39, 0.29) is 38.2 Å². The lowest BCUT2D eigenvalue weighted by Gasteiger charge is -2.09. The second-order valence-corrected chi connectivity index (χ2v) is 6.60. The second-order valence-electron chi connectivity index (χ2n) is 6.60. The maximum Gasteiger partial charge on any atom is 0.222 e. The molecule has 0 unspecified atom stereocenters. The second kappa shape index (κ2) is 16.9. The van der Waals surface area contributed by atoms with E-state index in [4.69, 9.17) is 18.9 Å². The van der Waals surface area contributed by atoms with Crippen LogP contribution >= 0.6 is 0 Å². The third kappa shape index (κ3) is 12.0. The molecule has 0 saturated carbocycles. The monoisotopic (exact) mass is 453 g/mol. The van der Waals surface area contributed by atoms with Crippen molar-refractivity contribution in [3.8, 4) is 0 Å². The molecular formula is C21H31F4NO5. The van der Waals surface area contributed by atoms with E-state index in [1.165, 1.54) is 0 Å². The molecule has 0 aromatic heterocycles. The van der Waals surface area contributed by atoms with Gasteiger partial charge in [-0.05, 0) is 6.42 Å². The Bertz CT molecular complexity index is 622. The molecule has 1 aromatic rings. The molecule has 178 valence electrons. The highest BCUT2D eigenvalue weighted by Gasteiger charge is 2.18. The molecule has 0 spiro atoms. The van der Waals surface area contributed by atoms with Gasteiger partial charge >= 0.3 is 0 Å². The number of ether oxygens (including phenoxy) is 4. The fourth-order valence-electron chi connectivity index (χ4n) is 2.44. The third-order valence-electron chi connectivity index (χ3n) is 4.14. The molecule has 0 bridgehead atoms. The Morgan fingerprint density at radius 3 is 1.81 bits per heavy atom. The average Bonchev–Trinajstić information content (AvgIpc) is 2.74. The van der Waals surface area contributed by atoms with Crippen LogP contribution in [0.4, 0.5) is 17.6 Å². The lowest BCUT2D eigenvalue weighted by molar-refractivity contribution is -0.122. The van der Waals surface area contributed by atoms with E-state index in [9.17, 15) is 22.4 Å². The Kier molecular flexibility index (Phi) is 14.9. The van der Waals surface area contributed by atoms with E-state index in [1.54, 1.807) is 0 Å². The predicted octanol–water partition coefficient (Wildman–Crippen LogP) is 3.16. The minimum atomic E-state index is -1.43. The quantitative estimate of drug-likeness (QED) is 0.210. The van der Waals surface area contributed by atoms with E-state index < -0.39 is 28.8 Å². The zero-order valence-electron chi connectivity index (χ0n) is 17.8. The number of unbranched alkanes of at least 4 members (excludes halogenated alkanes) is 1. The van der Waals surface area contributed by atoms with Crippen LogP contribution in [0, 0.1) is 23.3 Å². The van der Waals surface area contributed by atoms with E-state index in [0.717, 1.165) is 12.8 Å². The van der Waals surface area contributed by atoms with Crippen molar-refractivity contribution in [2.75, 3.05) is 59.4 Å². The van der Waals surface area contributed by atoms with Crippen LogP contribution in [0.5, 0.6) is 0 Å². The largest absolute Gasteiger partial charge is 0.379 e. The minimum Gasteiger partial charge on any atom is -0.379 e. The molecule has 31 heavy (non-hydrogen) atoms. The Morgan fingerprint density at radius 1 is 0.806 bits per heavy atom. The van der Waals surface area contributed by atoms with Gasteiger partial charge in [0.15, 0.2) is 23.3 Å². The topological polar surface area (TPSA) is 66.0 Å². The molecule has 1 rings (SSSR count). The van der Waals surface area contributed by atoms with Gasteiger partial charge in [0.2, 0.25) is 5.91 Å². The summed E-state index contributed by atoms with van der Waals surface area (Å²) in [5.41, 5.74) is -0.675. The number of amides is 1. The summed E-state index contributed by atoms with van der Waals surface area (Å²) in [4.78, 5) is 11.4. The molecule has 0 aliphatic rings. The van der Waals surface area contributed by atoms with Gasteiger partial charge in [0.05, 0.1) is 52.9 Å². The highest BCUT2D eigenvalue weighted by atomic mass is 19.2. The van der Waals surface area contributed by atoms with Crippen molar-refractivity contribution in [3.63, 3.8) is 0 Å². The summed E-state index contributed by atoms with van der Waals surface area (Å²) in [5, 5.41) is 2.80. The molecule has 10 heteroatoms. The van der Waals surface area contributed by atoms with Crippen molar-refractivity contribution in [3.05, 3.63) is 34.9 Å². The van der Waals surface area contributed by atoms with Gasteiger partial charge in [0.25, 0.3) is 0 Å². The van der Waals surface area contributed by atoms with Crippen molar-refractivity contribution in [2.24, 2.45) is 0 Å². The first kappa shape index (κ1) is 27.3. The van der Waals surface area contributed by atoms with Gasteiger partial charge in [-0.3, -0.25) is 4.79 Å². The highest BCUT2D eigenvalue weighted by Crippen LogP contribution is 2.19. The molecule has 1 amide bonds. The number of benzene rings is 1. The molecule has 0 saturated heterocycles. The molecule has 0 radical (unpaired) electrons. The van der Waals surface area contributed by atoms with Crippen LogP contribution in [-0.4, -0.2) is 65.3 Å². The van der Waals surface area contributed by atoms with Crippen LogP contribution in [0.3, 0.4) is 0 Å². The normalized spacial score (nSPS) is 11.1. The van der Waals surface area contributed by atoms with Crippen LogP contribution in [0.25, 0.3) is 0 Å². The maximum absolute atomic E-state index is 13.5. The standard InChI is InChI=1S/C21H31F4NO5/c1-2-3-6-26-19(27)5-8-29-10-12-31-14-13-30-11-9-28-7-4-16-20(24)17(22)15-18(23)21(16)25/h15H,2-14H2,1H3,(H,26,27). The molecule has 0 aliphatic heterocycles. The van der Waals surface area contributed by atoms with Gasteiger partial charge in [0, 0.05) is 31.0 Å². The van der Waals surface area contributed by atoms with Crippen LogP contribution in [-0.2, 0) is 30.2 Å². The Hall–Kier alpha value is -1.75. The smallest absolute Gasteiger partial charge is 0.222 e. The molecule has 6 nitrogen and oxygen atoms in total. The number of hydrogen-bond acceptors (Lipinski definition) is 5. The van der Waals surface area contributed by atoms with E-state index in [2.05, 4.69) is 12.2 Å². The van der Waals surface area contributed by atoms with Crippen LogP contribution in [0.15, 0.2) is 6.07 Å². The number of hydrogen-bond donors (Lipinski definition) is 1. The molecule has 0 heterocycles. The molecular weight excluding hydrogens is 422 g/mol. The number of carbonyl (C=O) groups excluding carboxylic acids is 1. The van der Waals surface area contributed by atoms with Gasteiger partial charge in [-0.1, -0.05) is 13.3 Å². The van der Waals surface area contributed by atoms with E-state index >= 15 is 0 Å². The fraction of sp³-hybridized carbons (Fsp3) is 0.667. The summed E-state index contributed by atoms with van der Waals surface area (Å²) in [6.45, 7) is 4.78. The van der Waals surface area contributed by atoms with E-state index in [1.807, 2.05) is 0 Å². The summed E-state index contributed by atoms with van der Waals surface area (Å²) in [6, 6.07) is 0.172. The first-order chi connectivity index (χ1) is 15.0. The first-order valence-corrected chi connectivity index (χ1v) is 10.4. The molecule has 1 N–H and O–H groups in total. The number of carbonyl (C=O) groups is 1. The minimum absolute atomic E-state index is 0.0247. The number of nitrogens with one attached hydrogen (secondary N) is 1. The Balaban J connectivity index is 1.91.